The molecule has 3 heterocycles. The average Bonchev–Trinajstić information content (AvgIpc) is 3.69. The molecule has 10 rings (SSSR count). The summed E-state index contributed by atoms with van der Waals surface area (Å²) in [5.41, 5.74) is 16.0. The first-order valence-electron chi connectivity index (χ1n) is 17.7. The van der Waals surface area contributed by atoms with Crippen molar-refractivity contribution in [2.75, 3.05) is 0 Å². The predicted molar refractivity (Wildman–Crippen MR) is 212 cm³/mol. The van der Waals surface area contributed by atoms with Crippen molar-refractivity contribution >= 4 is 21.9 Å². The van der Waals surface area contributed by atoms with Gasteiger partial charge in [0.05, 0.1) is 11.4 Å². The highest BCUT2D eigenvalue weighted by Crippen LogP contribution is 2.51. The molecule has 0 aliphatic heterocycles. The van der Waals surface area contributed by atoms with Gasteiger partial charge in [-0.15, -0.1) is 0 Å². The predicted octanol–water partition coefficient (Wildman–Crippen LogP) is 12.4. The number of hydrogen-bond donors (Lipinski definition) is 0. The summed E-state index contributed by atoms with van der Waals surface area (Å²) in [6.07, 6.45) is 3.65. The first-order chi connectivity index (χ1) is 25.5. The number of nitrogens with zero attached hydrogens (tertiary/aromatic N) is 3. The van der Waals surface area contributed by atoms with Gasteiger partial charge in [-0.3, -0.25) is 4.98 Å². The molecule has 4 heteroatoms. The highest BCUT2D eigenvalue weighted by Gasteiger charge is 2.40. The monoisotopic (exact) mass is 667 g/mol. The summed E-state index contributed by atoms with van der Waals surface area (Å²) < 4.78 is 6.11. The molecule has 3 aromatic heterocycles. The van der Waals surface area contributed by atoms with E-state index in [1.807, 2.05) is 36.7 Å². The van der Waals surface area contributed by atoms with Gasteiger partial charge in [0.15, 0.2) is 5.82 Å². The average molecular weight is 668 g/mol. The zero-order valence-electron chi connectivity index (χ0n) is 28.8. The number of benzene rings is 6. The summed E-state index contributed by atoms with van der Waals surface area (Å²) in [6, 6.07) is 53.5. The van der Waals surface area contributed by atoms with E-state index in [1.165, 1.54) is 11.1 Å². The normalized spacial score (nSPS) is 13.0. The van der Waals surface area contributed by atoms with Gasteiger partial charge in [0.2, 0.25) is 0 Å². The largest absolute Gasteiger partial charge is 0.456 e. The quantitative estimate of drug-likeness (QED) is 0.183. The molecule has 0 unspecified atom stereocenters. The van der Waals surface area contributed by atoms with Crippen LogP contribution in [0.5, 0.6) is 0 Å². The van der Waals surface area contributed by atoms with E-state index < -0.39 is 0 Å². The summed E-state index contributed by atoms with van der Waals surface area (Å²) in [4.78, 5) is 14.9. The summed E-state index contributed by atoms with van der Waals surface area (Å²) in [5.74, 6) is 0.715. The highest BCUT2D eigenvalue weighted by atomic mass is 16.3. The lowest BCUT2D eigenvalue weighted by atomic mass is 9.80. The fourth-order valence-corrected chi connectivity index (χ4v) is 7.97. The molecule has 0 saturated carbocycles. The molecule has 1 aliphatic carbocycles. The molecule has 0 atom stereocenters. The minimum atomic E-state index is -0.273. The lowest BCUT2D eigenvalue weighted by molar-refractivity contribution is 0.658. The van der Waals surface area contributed by atoms with Gasteiger partial charge in [0, 0.05) is 50.8 Å². The van der Waals surface area contributed by atoms with E-state index in [4.69, 9.17) is 14.4 Å². The number of hydrogen-bond acceptors (Lipinski definition) is 4. The van der Waals surface area contributed by atoms with Gasteiger partial charge in [0.1, 0.15) is 11.2 Å². The van der Waals surface area contributed by atoms with Crippen LogP contribution in [-0.2, 0) is 5.41 Å². The van der Waals surface area contributed by atoms with Crippen LogP contribution in [0.1, 0.15) is 25.0 Å². The summed E-state index contributed by atoms with van der Waals surface area (Å²) >= 11 is 0. The first kappa shape index (κ1) is 30.2. The van der Waals surface area contributed by atoms with Crippen LogP contribution in [0.15, 0.2) is 168 Å². The van der Waals surface area contributed by atoms with Gasteiger partial charge in [0.25, 0.3) is 0 Å². The molecule has 246 valence electrons. The minimum absolute atomic E-state index is 0.273. The molecule has 6 aromatic carbocycles. The van der Waals surface area contributed by atoms with Crippen molar-refractivity contribution in [3.63, 3.8) is 0 Å². The van der Waals surface area contributed by atoms with Gasteiger partial charge >= 0.3 is 0 Å². The smallest absolute Gasteiger partial charge is 0.160 e. The van der Waals surface area contributed by atoms with Gasteiger partial charge in [-0.1, -0.05) is 117 Å². The molecule has 0 saturated heterocycles. The second-order valence-corrected chi connectivity index (χ2v) is 14.1. The van der Waals surface area contributed by atoms with Crippen molar-refractivity contribution in [2.24, 2.45) is 0 Å². The molecule has 0 spiro atoms. The maximum absolute atomic E-state index is 6.11. The Morgan fingerprint density at radius 3 is 1.81 bits per heavy atom. The van der Waals surface area contributed by atoms with E-state index in [2.05, 4.69) is 146 Å². The van der Waals surface area contributed by atoms with E-state index in [0.29, 0.717) is 5.82 Å². The third-order valence-corrected chi connectivity index (χ3v) is 10.6. The fourth-order valence-electron chi connectivity index (χ4n) is 7.97. The maximum Gasteiger partial charge on any atom is 0.160 e. The van der Waals surface area contributed by atoms with Crippen LogP contribution in [0.2, 0.25) is 0 Å². The second kappa shape index (κ2) is 11.7. The Kier molecular flexibility index (Phi) is 6.80. The Labute approximate surface area is 302 Å². The van der Waals surface area contributed by atoms with E-state index >= 15 is 0 Å². The van der Waals surface area contributed by atoms with Gasteiger partial charge in [-0.25, -0.2) is 9.97 Å². The van der Waals surface area contributed by atoms with Crippen molar-refractivity contribution in [3.05, 3.63) is 175 Å². The fraction of sp³-hybridized carbons (Fsp3) is 0.0625. The molecule has 1 aliphatic rings. The van der Waals surface area contributed by atoms with Crippen molar-refractivity contribution in [1.82, 2.24) is 15.0 Å². The number of para-hydroxylation sites is 1. The summed E-state index contributed by atoms with van der Waals surface area (Å²) in [7, 11) is 0. The molecule has 4 nitrogen and oxygen atoms in total. The zero-order valence-corrected chi connectivity index (χ0v) is 28.8. The summed E-state index contributed by atoms with van der Waals surface area (Å²) in [5, 5.41) is 2.26. The first-order valence-corrected chi connectivity index (χ1v) is 17.7. The van der Waals surface area contributed by atoms with Crippen molar-refractivity contribution in [2.45, 2.75) is 19.3 Å². The van der Waals surface area contributed by atoms with Crippen LogP contribution in [0.3, 0.4) is 0 Å². The van der Waals surface area contributed by atoms with Crippen LogP contribution >= 0.6 is 0 Å². The van der Waals surface area contributed by atoms with Gasteiger partial charge in [-0.05, 0) is 87.5 Å². The zero-order chi connectivity index (χ0) is 34.8. The number of aromatic nitrogens is 3. The number of fused-ring (bicyclic) bond motifs is 6. The van der Waals surface area contributed by atoms with Crippen LogP contribution in [-0.4, -0.2) is 15.0 Å². The lowest BCUT2D eigenvalue weighted by Crippen LogP contribution is -2.17. The van der Waals surface area contributed by atoms with E-state index in [0.717, 1.165) is 83.4 Å². The van der Waals surface area contributed by atoms with Crippen LogP contribution < -0.4 is 0 Å². The standard InChI is InChI=1S/C48H33N3O/c1-48(2)41-18-5-3-17-39(41)46-44(48)45(50-47(51-46)37-15-9-10-31(28-37)30-22-24-49-25-23-30)36-14-8-13-34(27-36)32-11-7-12-33(26-32)35-20-21-43-40(29-35)38-16-4-6-19-42(38)52-43/h3-29H,1-2H3. The topological polar surface area (TPSA) is 51.8 Å². The molecule has 9 aromatic rings. The van der Waals surface area contributed by atoms with Crippen LogP contribution in [0.4, 0.5) is 0 Å². The van der Waals surface area contributed by atoms with E-state index in [9.17, 15) is 0 Å². The molecular formula is C48H33N3O. The van der Waals surface area contributed by atoms with E-state index in [1.54, 1.807) is 0 Å². The third-order valence-electron chi connectivity index (χ3n) is 10.6. The SMILES string of the molecule is CC1(C)c2ccccc2-c2nc(-c3cccc(-c4ccncc4)c3)nc(-c3cccc(-c4cccc(-c5ccc6oc7ccccc7c6c5)c4)c3)c21. The maximum atomic E-state index is 6.11. The molecule has 0 fully saturated rings. The molecule has 0 amide bonds. The molecule has 0 N–H and O–H groups in total. The van der Waals surface area contributed by atoms with Crippen LogP contribution in [0, 0.1) is 0 Å². The molecule has 0 bridgehead atoms. The minimum Gasteiger partial charge on any atom is -0.456 e. The molecule has 52 heavy (non-hydrogen) atoms. The van der Waals surface area contributed by atoms with Crippen molar-refractivity contribution < 1.29 is 4.42 Å². The van der Waals surface area contributed by atoms with E-state index in [-0.39, 0.29) is 5.41 Å². The highest BCUT2D eigenvalue weighted by molar-refractivity contribution is 6.06. The van der Waals surface area contributed by atoms with Gasteiger partial charge in [-0.2, -0.15) is 0 Å². The van der Waals surface area contributed by atoms with Gasteiger partial charge < -0.3 is 4.42 Å². The third kappa shape index (κ3) is 4.87. The Hall–Kier alpha value is -6.65. The Balaban J connectivity index is 1.11. The second-order valence-electron chi connectivity index (χ2n) is 14.1. The van der Waals surface area contributed by atoms with Crippen molar-refractivity contribution in [3.8, 4) is 67.3 Å². The van der Waals surface area contributed by atoms with Crippen LogP contribution in [0.25, 0.3) is 89.2 Å². The number of furan rings is 1. The molecular weight excluding hydrogens is 635 g/mol. The van der Waals surface area contributed by atoms with Crippen molar-refractivity contribution in [1.29, 1.82) is 0 Å². The number of rotatable bonds is 5. The Morgan fingerprint density at radius 1 is 0.442 bits per heavy atom. The Bertz CT molecular complexity index is 2830. The number of pyridine rings is 1. The molecule has 0 radical (unpaired) electrons. The summed E-state index contributed by atoms with van der Waals surface area (Å²) in [6.45, 7) is 4.59. The Morgan fingerprint density at radius 2 is 1.02 bits per heavy atom. The lowest BCUT2D eigenvalue weighted by Gasteiger charge is -2.24.